The molecule has 43 heavy (non-hydrogen) atoms. The fourth-order valence-electron chi connectivity index (χ4n) is 5.75. The van der Waals surface area contributed by atoms with Gasteiger partial charge in [-0.15, -0.1) is 0 Å². The fraction of sp³-hybridized carbons (Fsp3) is 0.919. The topological polar surface area (TPSA) is 92.7 Å². The second-order valence-corrected chi connectivity index (χ2v) is 12.8. The Bertz CT molecular complexity index is 638. The summed E-state index contributed by atoms with van der Waals surface area (Å²) in [7, 11) is 0. The number of ether oxygens (including phenoxy) is 1. The van der Waals surface area contributed by atoms with Crippen LogP contribution >= 0.6 is 0 Å². The average molecular weight is 610 g/mol. The molecule has 0 aromatic rings. The van der Waals surface area contributed by atoms with Crippen molar-refractivity contribution in [2.45, 2.75) is 213 Å². The third-order valence-corrected chi connectivity index (χ3v) is 8.53. The first-order valence-electron chi connectivity index (χ1n) is 18.7. The van der Waals surface area contributed by atoms with E-state index in [1.807, 2.05) is 0 Å². The number of hydrogen-bond acceptors (Lipinski definition) is 4. The lowest BCUT2D eigenvalue weighted by Gasteiger charge is -2.18. The molecule has 0 aliphatic rings. The largest absolute Gasteiger partial charge is 0.480 e. The first-order valence-corrected chi connectivity index (χ1v) is 18.7. The molecule has 6 nitrogen and oxygen atoms in total. The summed E-state index contributed by atoms with van der Waals surface area (Å²) in [5.41, 5.74) is 0. The van der Waals surface area contributed by atoms with Crippen molar-refractivity contribution in [3.05, 3.63) is 0 Å². The zero-order valence-electron chi connectivity index (χ0n) is 28.6. The van der Waals surface area contributed by atoms with Crippen molar-refractivity contribution in [3.8, 4) is 0 Å². The van der Waals surface area contributed by atoms with Gasteiger partial charge in [0, 0.05) is 12.8 Å². The molecule has 0 bridgehead atoms. The van der Waals surface area contributed by atoms with Gasteiger partial charge in [0.05, 0.1) is 0 Å². The minimum absolute atomic E-state index is 0.0126. The minimum atomic E-state index is -1.02. The summed E-state index contributed by atoms with van der Waals surface area (Å²) >= 11 is 0. The molecule has 0 saturated carbocycles. The Morgan fingerprint density at radius 1 is 0.512 bits per heavy atom. The van der Waals surface area contributed by atoms with Crippen molar-refractivity contribution in [3.63, 3.8) is 0 Å². The number of aliphatic carboxylic acids is 1. The highest BCUT2D eigenvalue weighted by Gasteiger charge is 2.14. The Morgan fingerprint density at radius 3 is 1.26 bits per heavy atom. The van der Waals surface area contributed by atoms with Gasteiger partial charge >= 0.3 is 11.9 Å². The van der Waals surface area contributed by atoms with Gasteiger partial charge in [0.25, 0.3) is 0 Å². The van der Waals surface area contributed by atoms with E-state index >= 15 is 0 Å². The summed E-state index contributed by atoms with van der Waals surface area (Å²) in [5, 5.41) is 11.0. The molecule has 1 unspecified atom stereocenters. The van der Waals surface area contributed by atoms with Crippen LogP contribution in [0, 0.1) is 0 Å². The highest BCUT2D eigenvalue weighted by molar-refractivity contribution is 5.80. The van der Waals surface area contributed by atoms with E-state index in [9.17, 15) is 14.4 Å². The number of nitrogens with one attached hydrogen (secondary N) is 1. The number of rotatable bonds is 34. The van der Waals surface area contributed by atoms with Gasteiger partial charge in [0.15, 0.2) is 0 Å². The van der Waals surface area contributed by atoms with Gasteiger partial charge in [0.2, 0.25) is 5.91 Å². The first kappa shape index (κ1) is 41.4. The molecule has 6 heteroatoms. The number of carboxylic acids is 1. The lowest BCUT2D eigenvalue weighted by atomic mass is 10.0. The van der Waals surface area contributed by atoms with Crippen molar-refractivity contribution in [1.29, 1.82) is 0 Å². The van der Waals surface area contributed by atoms with Crippen LogP contribution in [0.5, 0.6) is 0 Å². The quantitative estimate of drug-likeness (QED) is 0.0559. The van der Waals surface area contributed by atoms with Gasteiger partial charge in [-0.25, -0.2) is 0 Å². The maximum atomic E-state index is 12.6. The second kappa shape index (κ2) is 33.3. The number of carbonyl (C=O) groups is 3. The normalized spacial score (nSPS) is 11.9. The van der Waals surface area contributed by atoms with Crippen molar-refractivity contribution >= 4 is 17.8 Å². The number of carbonyl (C=O) groups excluding carboxylic acids is 2. The molecule has 1 amide bonds. The zero-order valence-corrected chi connectivity index (χ0v) is 28.6. The summed E-state index contributed by atoms with van der Waals surface area (Å²) in [5.74, 6) is -1.25. The highest BCUT2D eigenvalue weighted by Crippen LogP contribution is 2.19. The Balaban J connectivity index is 3.93. The van der Waals surface area contributed by atoms with Crippen LogP contribution in [-0.4, -0.2) is 35.6 Å². The second-order valence-electron chi connectivity index (χ2n) is 12.8. The monoisotopic (exact) mass is 610 g/mol. The smallest absolute Gasteiger partial charge is 0.322 e. The van der Waals surface area contributed by atoms with E-state index in [1.54, 1.807) is 0 Å². The van der Waals surface area contributed by atoms with Crippen LogP contribution in [-0.2, 0) is 19.1 Å². The van der Waals surface area contributed by atoms with Crippen LogP contribution in [0.15, 0.2) is 0 Å². The molecule has 0 heterocycles. The van der Waals surface area contributed by atoms with E-state index in [0.29, 0.717) is 12.8 Å². The van der Waals surface area contributed by atoms with Crippen LogP contribution in [0.1, 0.15) is 206 Å². The number of carboxylic acid groups (broad SMARTS) is 1. The molecular formula is C37H71NO5. The van der Waals surface area contributed by atoms with Crippen molar-refractivity contribution in [2.75, 3.05) is 6.54 Å². The molecular weight excluding hydrogens is 538 g/mol. The van der Waals surface area contributed by atoms with Gasteiger partial charge in [-0.05, 0) is 38.5 Å². The molecule has 0 spiro atoms. The molecule has 0 aromatic carbocycles. The van der Waals surface area contributed by atoms with Crippen LogP contribution in [0.4, 0.5) is 0 Å². The molecule has 0 aliphatic heterocycles. The summed E-state index contributed by atoms with van der Waals surface area (Å²) in [6, 6.07) is 0. The van der Waals surface area contributed by atoms with E-state index in [-0.39, 0.29) is 24.5 Å². The minimum Gasteiger partial charge on any atom is -0.480 e. The lowest BCUT2D eigenvalue weighted by Crippen LogP contribution is -2.28. The Morgan fingerprint density at radius 2 is 0.860 bits per heavy atom. The number of unbranched alkanes of at least 4 members (excludes halogenated alkanes) is 23. The highest BCUT2D eigenvalue weighted by atomic mass is 16.5. The lowest BCUT2D eigenvalue weighted by molar-refractivity contribution is -0.150. The molecule has 2 N–H and O–H groups in total. The Labute approximate surface area is 266 Å². The molecule has 0 aliphatic carbocycles. The van der Waals surface area contributed by atoms with E-state index in [1.165, 1.54) is 122 Å². The third kappa shape index (κ3) is 33.1. The standard InChI is InChI=1S/C37H71NO5/c1-3-5-7-9-11-12-13-14-15-16-17-18-19-20-22-28-32-37(42)43-34(29-25-21-10-8-6-4-2)30-26-23-24-27-31-35(39)38-33-36(40)41/h34H,3-33H2,1-2H3,(H,38,39)(H,40,41). The van der Waals surface area contributed by atoms with Gasteiger partial charge in [-0.1, -0.05) is 155 Å². The molecule has 0 saturated heterocycles. The molecule has 0 aromatic heterocycles. The molecule has 0 radical (unpaired) electrons. The van der Waals surface area contributed by atoms with Gasteiger partial charge < -0.3 is 15.2 Å². The number of hydrogen-bond donors (Lipinski definition) is 2. The van der Waals surface area contributed by atoms with Crippen molar-refractivity contribution in [1.82, 2.24) is 5.32 Å². The first-order chi connectivity index (χ1) is 21.0. The summed E-state index contributed by atoms with van der Waals surface area (Å²) < 4.78 is 5.94. The van der Waals surface area contributed by atoms with E-state index in [0.717, 1.165) is 57.8 Å². The van der Waals surface area contributed by atoms with Gasteiger partial charge in [0.1, 0.15) is 12.6 Å². The molecule has 0 fully saturated rings. The Kier molecular flexibility index (Phi) is 32.1. The summed E-state index contributed by atoms with van der Waals surface area (Å²) in [4.78, 5) is 34.8. The van der Waals surface area contributed by atoms with E-state index in [4.69, 9.17) is 9.84 Å². The summed E-state index contributed by atoms with van der Waals surface area (Å²) in [6.07, 6.45) is 35.1. The predicted octanol–water partition coefficient (Wildman–Crippen LogP) is 10.8. The number of amides is 1. The van der Waals surface area contributed by atoms with Crippen molar-refractivity contribution in [2.24, 2.45) is 0 Å². The van der Waals surface area contributed by atoms with Crippen molar-refractivity contribution < 1.29 is 24.2 Å². The zero-order chi connectivity index (χ0) is 31.6. The maximum absolute atomic E-state index is 12.6. The Hall–Kier alpha value is -1.59. The van der Waals surface area contributed by atoms with Crippen LogP contribution in [0.25, 0.3) is 0 Å². The molecule has 1 atom stereocenters. The van der Waals surface area contributed by atoms with Crippen LogP contribution in [0.2, 0.25) is 0 Å². The van der Waals surface area contributed by atoms with Gasteiger partial charge in [-0.2, -0.15) is 0 Å². The van der Waals surface area contributed by atoms with Crippen LogP contribution < -0.4 is 5.32 Å². The predicted molar refractivity (Wildman–Crippen MR) is 180 cm³/mol. The van der Waals surface area contributed by atoms with E-state index in [2.05, 4.69) is 19.2 Å². The molecule has 0 rings (SSSR count). The summed E-state index contributed by atoms with van der Waals surface area (Å²) in [6.45, 7) is 4.20. The van der Waals surface area contributed by atoms with Crippen LogP contribution in [0.3, 0.4) is 0 Å². The average Bonchev–Trinajstić information content (AvgIpc) is 2.99. The third-order valence-electron chi connectivity index (χ3n) is 8.53. The number of esters is 1. The van der Waals surface area contributed by atoms with E-state index < -0.39 is 5.97 Å². The SMILES string of the molecule is CCCCCCCCCCCCCCCCCCC(=O)OC(CCCCCCCC)CCCCCCC(=O)NCC(=O)O. The van der Waals surface area contributed by atoms with Gasteiger partial charge in [-0.3, -0.25) is 14.4 Å². The maximum Gasteiger partial charge on any atom is 0.322 e. The molecule has 254 valence electrons. The fourth-order valence-corrected chi connectivity index (χ4v) is 5.75.